The van der Waals surface area contributed by atoms with Crippen molar-refractivity contribution in [1.29, 1.82) is 0 Å². The maximum atomic E-state index is 13.7. The molecule has 9 heteroatoms. The fourth-order valence-corrected chi connectivity index (χ4v) is 1.61. The van der Waals surface area contributed by atoms with E-state index in [4.69, 9.17) is 15.0 Å². The highest BCUT2D eigenvalue weighted by atomic mass is 19.4. The number of nitrogens with two attached hydrogens (primary N) is 1. The van der Waals surface area contributed by atoms with Crippen molar-refractivity contribution in [3.8, 4) is 11.5 Å². The van der Waals surface area contributed by atoms with Gasteiger partial charge in [-0.25, -0.2) is 4.39 Å². The Morgan fingerprint density at radius 1 is 1.38 bits per heavy atom. The van der Waals surface area contributed by atoms with Gasteiger partial charge in [-0.2, -0.15) is 18.2 Å². The van der Waals surface area contributed by atoms with E-state index in [2.05, 4.69) is 10.1 Å². The molecule has 0 radical (unpaired) electrons. The fourth-order valence-electron chi connectivity index (χ4n) is 1.61. The second-order valence-corrected chi connectivity index (χ2v) is 4.21. The molecule has 1 atom stereocenters. The Balaban J connectivity index is 2.38. The van der Waals surface area contributed by atoms with E-state index in [1.54, 1.807) is 0 Å². The lowest BCUT2D eigenvalue weighted by Crippen LogP contribution is -2.17. The maximum absolute atomic E-state index is 13.7. The Morgan fingerprint density at radius 2 is 2.10 bits per heavy atom. The molecule has 2 aromatic rings. The summed E-state index contributed by atoms with van der Waals surface area (Å²) < 4.78 is 61.1. The summed E-state index contributed by atoms with van der Waals surface area (Å²) in [5.41, 5.74) is 4.20. The number of ether oxygens (including phenoxy) is 1. The lowest BCUT2D eigenvalue weighted by atomic mass is 10.1. The van der Waals surface area contributed by atoms with Gasteiger partial charge < -0.3 is 15.0 Å². The summed E-state index contributed by atoms with van der Waals surface area (Å²) in [6, 6.07) is 1.21. The Morgan fingerprint density at radius 3 is 2.71 bits per heavy atom. The summed E-state index contributed by atoms with van der Waals surface area (Å²) in [5.74, 6) is -1.26. The molecule has 114 valence electrons. The van der Waals surface area contributed by atoms with Gasteiger partial charge in [-0.1, -0.05) is 5.16 Å². The van der Waals surface area contributed by atoms with Crippen molar-refractivity contribution >= 4 is 0 Å². The first-order chi connectivity index (χ1) is 9.82. The van der Waals surface area contributed by atoms with E-state index >= 15 is 0 Å². The monoisotopic (exact) mass is 305 g/mol. The molecule has 0 amide bonds. The molecule has 1 aromatic heterocycles. The summed E-state index contributed by atoms with van der Waals surface area (Å²) in [5, 5.41) is 3.51. The van der Waals surface area contributed by atoms with Crippen LogP contribution in [-0.2, 0) is 10.9 Å². The quantitative estimate of drug-likeness (QED) is 0.879. The van der Waals surface area contributed by atoms with Crippen LogP contribution in [0.2, 0.25) is 0 Å². The van der Waals surface area contributed by atoms with Crippen LogP contribution < -0.4 is 5.73 Å². The molecule has 0 aliphatic heterocycles. The molecule has 0 fully saturated rings. The van der Waals surface area contributed by atoms with Crippen molar-refractivity contribution in [2.45, 2.75) is 12.2 Å². The molecule has 1 unspecified atom stereocenters. The van der Waals surface area contributed by atoms with Crippen molar-refractivity contribution in [3.05, 3.63) is 35.4 Å². The summed E-state index contributed by atoms with van der Waals surface area (Å²) in [7, 11) is 1.41. The van der Waals surface area contributed by atoms with Gasteiger partial charge >= 0.3 is 6.18 Å². The zero-order valence-electron chi connectivity index (χ0n) is 10.8. The zero-order chi connectivity index (χ0) is 15.6. The van der Waals surface area contributed by atoms with Gasteiger partial charge in [-0.05, 0) is 18.2 Å². The molecular weight excluding hydrogens is 294 g/mol. The van der Waals surface area contributed by atoms with Gasteiger partial charge in [0.25, 0.3) is 5.89 Å². The minimum absolute atomic E-state index is 0.0173. The van der Waals surface area contributed by atoms with E-state index in [9.17, 15) is 17.6 Å². The highest BCUT2D eigenvalue weighted by Gasteiger charge is 2.32. The first-order valence-electron chi connectivity index (χ1n) is 5.78. The highest BCUT2D eigenvalue weighted by Crippen LogP contribution is 2.33. The number of halogens is 4. The predicted molar refractivity (Wildman–Crippen MR) is 63.5 cm³/mol. The molecule has 5 nitrogen and oxygen atoms in total. The lowest BCUT2D eigenvalue weighted by Gasteiger charge is -2.07. The Kier molecular flexibility index (Phi) is 4.24. The highest BCUT2D eigenvalue weighted by molar-refractivity contribution is 5.55. The van der Waals surface area contributed by atoms with Gasteiger partial charge in [0.1, 0.15) is 5.82 Å². The van der Waals surface area contributed by atoms with E-state index < -0.39 is 29.2 Å². The molecule has 1 aromatic carbocycles. The Bertz CT molecular complexity index is 627. The van der Waals surface area contributed by atoms with Gasteiger partial charge in [0.15, 0.2) is 5.82 Å². The summed E-state index contributed by atoms with van der Waals surface area (Å²) in [6.45, 7) is 0.0873. The molecule has 21 heavy (non-hydrogen) atoms. The van der Waals surface area contributed by atoms with Gasteiger partial charge in [0, 0.05) is 7.11 Å². The number of alkyl halides is 3. The van der Waals surface area contributed by atoms with Gasteiger partial charge in [-0.15, -0.1) is 0 Å². The second kappa shape index (κ2) is 5.78. The normalized spacial score (nSPS) is 13.4. The van der Waals surface area contributed by atoms with Crippen LogP contribution in [-0.4, -0.2) is 23.9 Å². The molecule has 0 saturated carbocycles. The van der Waals surface area contributed by atoms with Crippen molar-refractivity contribution in [2.24, 2.45) is 5.73 Å². The number of hydrogen-bond donors (Lipinski definition) is 1. The topological polar surface area (TPSA) is 74.2 Å². The number of hydrogen-bond acceptors (Lipinski definition) is 5. The van der Waals surface area contributed by atoms with Crippen molar-refractivity contribution in [3.63, 3.8) is 0 Å². The van der Waals surface area contributed by atoms with Crippen molar-refractivity contribution in [2.75, 3.05) is 13.7 Å². The second-order valence-electron chi connectivity index (χ2n) is 4.21. The zero-order valence-corrected chi connectivity index (χ0v) is 10.8. The Hall–Kier alpha value is -2.00. The third-order valence-electron chi connectivity index (χ3n) is 2.64. The van der Waals surface area contributed by atoms with Crippen LogP contribution in [0.4, 0.5) is 17.6 Å². The number of rotatable bonds is 4. The minimum atomic E-state index is -4.60. The smallest absolute Gasteiger partial charge is 0.383 e. The third kappa shape index (κ3) is 3.37. The van der Waals surface area contributed by atoms with Crippen molar-refractivity contribution < 1.29 is 26.8 Å². The molecule has 0 bridgehead atoms. The molecule has 0 saturated heterocycles. The van der Waals surface area contributed by atoms with E-state index in [-0.39, 0.29) is 18.3 Å². The average molecular weight is 305 g/mol. The standard InChI is InChI=1S/C12H11F4N3O2/c1-20-5-9(17)10-18-11(21-19-10)7-4-6(12(14,15)16)2-3-8(7)13/h2-4,9H,5,17H2,1H3. The molecule has 0 spiro atoms. The first-order valence-corrected chi connectivity index (χ1v) is 5.78. The average Bonchev–Trinajstić information content (AvgIpc) is 2.87. The van der Waals surface area contributed by atoms with Crippen LogP contribution in [0, 0.1) is 5.82 Å². The Labute approximate surface area is 116 Å². The lowest BCUT2D eigenvalue weighted by molar-refractivity contribution is -0.137. The van der Waals surface area contributed by atoms with Gasteiger partial charge in [-0.3, -0.25) is 0 Å². The van der Waals surface area contributed by atoms with Crippen LogP contribution in [0.25, 0.3) is 11.5 Å². The van der Waals surface area contributed by atoms with Crippen LogP contribution in [0.1, 0.15) is 17.4 Å². The molecule has 2 rings (SSSR count). The first kappa shape index (κ1) is 15.4. The SMILES string of the molecule is COCC(N)c1noc(-c2cc(C(F)(F)F)ccc2F)n1. The van der Waals surface area contributed by atoms with Crippen LogP contribution in [0.15, 0.2) is 22.7 Å². The van der Waals surface area contributed by atoms with Crippen LogP contribution in [0.5, 0.6) is 0 Å². The minimum Gasteiger partial charge on any atom is -0.383 e. The van der Waals surface area contributed by atoms with E-state index in [1.165, 1.54) is 7.11 Å². The van der Waals surface area contributed by atoms with Crippen LogP contribution in [0.3, 0.4) is 0 Å². The summed E-state index contributed by atoms with van der Waals surface area (Å²) >= 11 is 0. The maximum Gasteiger partial charge on any atom is 0.416 e. The molecule has 0 aliphatic carbocycles. The number of benzene rings is 1. The fraction of sp³-hybridized carbons (Fsp3) is 0.333. The number of methoxy groups -OCH3 is 1. The molecule has 2 N–H and O–H groups in total. The largest absolute Gasteiger partial charge is 0.416 e. The van der Waals surface area contributed by atoms with E-state index in [0.717, 1.165) is 0 Å². The van der Waals surface area contributed by atoms with Gasteiger partial charge in [0.05, 0.1) is 23.8 Å². The summed E-state index contributed by atoms with van der Waals surface area (Å²) in [4.78, 5) is 3.79. The number of aromatic nitrogens is 2. The summed E-state index contributed by atoms with van der Waals surface area (Å²) in [6.07, 6.45) is -4.60. The van der Waals surface area contributed by atoms with Crippen LogP contribution >= 0.6 is 0 Å². The molecule has 1 heterocycles. The van der Waals surface area contributed by atoms with Gasteiger partial charge in [0.2, 0.25) is 0 Å². The predicted octanol–water partition coefficient (Wildman–Crippen LogP) is 2.54. The number of nitrogens with zero attached hydrogens (tertiary/aromatic N) is 2. The van der Waals surface area contributed by atoms with E-state index in [1.807, 2.05) is 0 Å². The third-order valence-corrected chi connectivity index (χ3v) is 2.64. The molecular formula is C12H11F4N3O2. The van der Waals surface area contributed by atoms with Crippen molar-refractivity contribution in [1.82, 2.24) is 10.1 Å². The van der Waals surface area contributed by atoms with E-state index in [0.29, 0.717) is 18.2 Å². The molecule has 0 aliphatic rings.